The maximum atomic E-state index is 12.7. The summed E-state index contributed by atoms with van der Waals surface area (Å²) in [5.74, 6) is -0.630. The minimum absolute atomic E-state index is 0.0197. The third kappa shape index (κ3) is 4.16. The van der Waals surface area contributed by atoms with E-state index < -0.39 is 18.6 Å². The lowest BCUT2D eigenvalue weighted by molar-refractivity contribution is -0.118. The van der Waals surface area contributed by atoms with Crippen LogP contribution < -0.4 is 15.1 Å². The number of alkyl halides is 2. The number of nitrogens with one attached hydrogen (secondary N) is 1. The van der Waals surface area contributed by atoms with Crippen molar-refractivity contribution in [2.24, 2.45) is 5.10 Å². The van der Waals surface area contributed by atoms with Gasteiger partial charge < -0.3 is 10.1 Å². The molecule has 3 rings (SSSR count). The van der Waals surface area contributed by atoms with E-state index in [0.717, 1.165) is 0 Å². The maximum Gasteiger partial charge on any atom is 0.387 e. The molecule has 1 unspecified atom stereocenters. The third-order valence-corrected chi connectivity index (χ3v) is 4.41. The molecule has 0 aliphatic carbocycles. The van der Waals surface area contributed by atoms with Crippen molar-refractivity contribution in [1.29, 1.82) is 0 Å². The van der Waals surface area contributed by atoms with E-state index in [0.29, 0.717) is 16.9 Å². The Morgan fingerprint density at radius 2 is 1.89 bits per heavy atom. The van der Waals surface area contributed by atoms with Crippen molar-refractivity contribution in [3.63, 3.8) is 0 Å². The maximum absolute atomic E-state index is 12.7. The fourth-order valence-corrected chi connectivity index (χ4v) is 2.95. The van der Waals surface area contributed by atoms with Gasteiger partial charge >= 0.3 is 6.61 Å². The number of para-hydroxylation sites is 1. The zero-order valence-corrected chi connectivity index (χ0v) is 15.4. The van der Waals surface area contributed by atoms with Crippen LogP contribution in [0.5, 0.6) is 5.75 Å². The van der Waals surface area contributed by atoms with E-state index in [4.69, 9.17) is 0 Å². The molecule has 1 aliphatic rings. The lowest BCUT2D eigenvalue weighted by Crippen LogP contribution is -2.33. The van der Waals surface area contributed by atoms with Crippen molar-refractivity contribution >= 4 is 28.8 Å². The molecule has 0 bridgehead atoms. The van der Waals surface area contributed by atoms with Gasteiger partial charge in [0.1, 0.15) is 17.5 Å². The van der Waals surface area contributed by atoms with Crippen LogP contribution in [0.15, 0.2) is 53.6 Å². The molecule has 1 atom stereocenters. The Bertz CT molecular complexity index is 916. The molecule has 6 nitrogen and oxygen atoms in total. The van der Waals surface area contributed by atoms with Gasteiger partial charge in [-0.15, -0.1) is 0 Å². The summed E-state index contributed by atoms with van der Waals surface area (Å²) in [6.07, 6.45) is 0.155. The molecule has 0 fully saturated rings. The molecule has 2 aromatic carbocycles. The summed E-state index contributed by atoms with van der Waals surface area (Å²) in [5.41, 5.74) is 1.60. The van der Waals surface area contributed by atoms with Crippen molar-refractivity contribution in [3.8, 4) is 5.75 Å². The summed E-state index contributed by atoms with van der Waals surface area (Å²) in [5, 5.41) is 8.52. The highest BCUT2D eigenvalue weighted by Crippen LogP contribution is 2.28. The van der Waals surface area contributed by atoms with Crippen LogP contribution in [0, 0.1) is 6.92 Å². The number of carbonyl (C=O) groups is 2. The summed E-state index contributed by atoms with van der Waals surface area (Å²) in [6.45, 7) is 0.0599. The van der Waals surface area contributed by atoms with Crippen LogP contribution in [0.2, 0.25) is 0 Å². The first-order valence-electron chi connectivity index (χ1n) is 8.65. The minimum atomic E-state index is -2.96. The van der Waals surface area contributed by atoms with Crippen molar-refractivity contribution < 1.29 is 23.1 Å². The molecule has 1 aliphatic heterocycles. The Morgan fingerprint density at radius 3 is 2.54 bits per heavy atom. The summed E-state index contributed by atoms with van der Waals surface area (Å²) in [7, 11) is 0. The Balaban J connectivity index is 1.82. The summed E-state index contributed by atoms with van der Waals surface area (Å²) in [6, 6.07) is 13.0. The molecule has 1 heterocycles. The number of amides is 1. The van der Waals surface area contributed by atoms with E-state index in [1.807, 2.05) is 18.2 Å². The summed E-state index contributed by atoms with van der Waals surface area (Å²) >= 11 is 0. The average Bonchev–Trinajstić information content (AvgIpc) is 3.11. The van der Waals surface area contributed by atoms with Gasteiger partial charge in [0.15, 0.2) is 5.78 Å². The Labute approximate surface area is 160 Å². The minimum Gasteiger partial charge on any atom is -0.434 e. The average molecular weight is 387 g/mol. The number of rotatable bonds is 6. The van der Waals surface area contributed by atoms with E-state index in [1.54, 1.807) is 25.1 Å². The van der Waals surface area contributed by atoms with Crippen LogP contribution in [0.25, 0.3) is 0 Å². The van der Waals surface area contributed by atoms with Crippen molar-refractivity contribution in [1.82, 2.24) is 0 Å². The summed E-state index contributed by atoms with van der Waals surface area (Å²) in [4.78, 5) is 24.7. The second-order valence-corrected chi connectivity index (χ2v) is 6.32. The monoisotopic (exact) mass is 387 g/mol. The molecule has 0 saturated heterocycles. The van der Waals surface area contributed by atoms with Crippen LogP contribution in [-0.4, -0.2) is 30.1 Å². The first-order chi connectivity index (χ1) is 13.4. The van der Waals surface area contributed by atoms with E-state index >= 15 is 0 Å². The number of ketones is 1. The molecule has 8 heteroatoms. The van der Waals surface area contributed by atoms with Gasteiger partial charge in [-0.3, -0.25) is 14.6 Å². The SMILES string of the molecule is CC(=O)C1CC(C(=O)Nc2cccc(OC(F)F)c2C)=NN1c1ccccc1. The highest BCUT2D eigenvalue weighted by atomic mass is 19.3. The van der Waals surface area contributed by atoms with E-state index in [-0.39, 0.29) is 23.7 Å². The first-order valence-corrected chi connectivity index (χ1v) is 8.65. The Morgan fingerprint density at radius 1 is 1.18 bits per heavy atom. The predicted molar refractivity (Wildman–Crippen MR) is 102 cm³/mol. The van der Waals surface area contributed by atoms with Gasteiger partial charge in [-0.05, 0) is 38.1 Å². The van der Waals surface area contributed by atoms with Crippen LogP contribution in [0.1, 0.15) is 18.9 Å². The topological polar surface area (TPSA) is 71.0 Å². The third-order valence-electron chi connectivity index (χ3n) is 4.41. The molecule has 1 amide bonds. The molecule has 0 aromatic heterocycles. The highest BCUT2D eigenvalue weighted by Gasteiger charge is 2.34. The van der Waals surface area contributed by atoms with Crippen LogP contribution in [-0.2, 0) is 9.59 Å². The van der Waals surface area contributed by atoms with Crippen LogP contribution in [0.4, 0.5) is 20.2 Å². The number of anilines is 2. The van der Waals surface area contributed by atoms with Crippen molar-refractivity contribution in [3.05, 3.63) is 54.1 Å². The fourth-order valence-electron chi connectivity index (χ4n) is 2.95. The number of nitrogens with zero attached hydrogens (tertiary/aromatic N) is 2. The van der Waals surface area contributed by atoms with E-state index in [1.165, 1.54) is 24.1 Å². The van der Waals surface area contributed by atoms with Crippen LogP contribution in [0.3, 0.4) is 0 Å². The quantitative estimate of drug-likeness (QED) is 0.819. The van der Waals surface area contributed by atoms with Gasteiger partial charge in [0.25, 0.3) is 5.91 Å². The van der Waals surface area contributed by atoms with Gasteiger partial charge in [-0.25, -0.2) is 0 Å². The number of halogens is 2. The lowest BCUT2D eigenvalue weighted by Gasteiger charge is -2.20. The molecule has 28 heavy (non-hydrogen) atoms. The van der Waals surface area contributed by atoms with Crippen molar-refractivity contribution in [2.75, 3.05) is 10.3 Å². The van der Waals surface area contributed by atoms with Gasteiger partial charge in [-0.1, -0.05) is 24.3 Å². The van der Waals surface area contributed by atoms with E-state index in [9.17, 15) is 18.4 Å². The van der Waals surface area contributed by atoms with Gasteiger partial charge in [0.2, 0.25) is 0 Å². The normalized spacial score (nSPS) is 16.1. The zero-order chi connectivity index (χ0) is 20.3. The van der Waals surface area contributed by atoms with Crippen molar-refractivity contribution in [2.45, 2.75) is 32.9 Å². The number of hydrogen-bond donors (Lipinski definition) is 1. The van der Waals surface area contributed by atoms with Gasteiger partial charge in [-0.2, -0.15) is 13.9 Å². The van der Waals surface area contributed by atoms with Gasteiger partial charge in [0, 0.05) is 17.7 Å². The highest BCUT2D eigenvalue weighted by molar-refractivity contribution is 6.44. The van der Waals surface area contributed by atoms with Crippen LogP contribution >= 0.6 is 0 Å². The number of ether oxygens (including phenoxy) is 1. The summed E-state index contributed by atoms with van der Waals surface area (Å²) < 4.78 is 29.4. The van der Waals surface area contributed by atoms with Gasteiger partial charge in [0.05, 0.1) is 5.69 Å². The number of carbonyl (C=O) groups excluding carboxylic acids is 2. The second kappa shape index (κ2) is 8.16. The first kappa shape index (κ1) is 19.5. The largest absolute Gasteiger partial charge is 0.434 e. The molecule has 0 radical (unpaired) electrons. The second-order valence-electron chi connectivity index (χ2n) is 6.32. The molecule has 2 aromatic rings. The fraction of sp³-hybridized carbons (Fsp3) is 0.250. The lowest BCUT2D eigenvalue weighted by atomic mass is 10.1. The molecule has 0 saturated carbocycles. The van der Waals surface area contributed by atoms with E-state index in [2.05, 4.69) is 15.2 Å². The Kier molecular flexibility index (Phi) is 5.67. The standard InChI is InChI=1S/C20H19F2N3O3/c1-12-15(9-6-10-18(12)28-20(21)22)23-19(27)16-11-17(13(2)26)25(24-16)14-7-4-3-5-8-14/h3-10,17,20H,11H2,1-2H3,(H,23,27). The number of benzene rings is 2. The molecular formula is C20H19F2N3O3. The zero-order valence-electron chi connectivity index (χ0n) is 15.4. The number of hydrazone groups is 1. The smallest absolute Gasteiger partial charge is 0.387 e. The molecule has 0 spiro atoms. The molecule has 1 N–H and O–H groups in total. The Hall–Kier alpha value is -3.29. The number of hydrogen-bond acceptors (Lipinski definition) is 5. The predicted octanol–water partition coefficient (Wildman–Crippen LogP) is 3.76. The molecular weight excluding hydrogens is 368 g/mol. The molecule has 146 valence electrons. The number of Topliss-reactive ketones (excluding diaryl/α,β-unsaturated/α-hetero) is 1.